The molecule has 4 rings (SSSR count). The molecule has 0 saturated carbocycles. The van der Waals surface area contributed by atoms with Gasteiger partial charge in [-0.1, -0.05) is 24.8 Å². The van der Waals surface area contributed by atoms with E-state index in [4.69, 9.17) is 10.6 Å². The number of nitrogens with two attached hydrogens (primary N) is 1. The first-order valence-corrected chi connectivity index (χ1v) is 9.65. The standard InChI is InChI=1S/C23H22N6O/c1-16(22-13-23(27-15-26-22)29-7-9-30-10-8-29)20-12-19(5-6-21(20)28-25)18-4-2-3-17(11-18)14-24/h2-6,11-13,15,28H,1,7-10,25H2. The quantitative estimate of drug-likeness (QED) is 0.503. The lowest BCUT2D eigenvalue weighted by atomic mass is 9.96. The molecule has 1 aromatic heterocycles. The Hall–Kier alpha value is -3.73. The van der Waals surface area contributed by atoms with Gasteiger partial charge < -0.3 is 15.1 Å². The zero-order valence-electron chi connectivity index (χ0n) is 16.5. The van der Waals surface area contributed by atoms with Crippen molar-refractivity contribution in [1.29, 1.82) is 5.26 Å². The van der Waals surface area contributed by atoms with Gasteiger partial charge in [0.25, 0.3) is 0 Å². The summed E-state index contributed by atoms with van der Waals surface area (Å²) < 4.78 is 5.43. The van der Waals surface area contributed by atoms with Gasteiger partial charge in [0, 0.05) is 30.3 Å². The van der Waals surface area contributed by atoms with Crippen molar-refractivity contribution >= 4 is 17.1 Å². The fourth-order valence-corrected chi connectivity index (χ4v) is 3.48. The molecule has 30 heavy (non-hydrogen) atoms. The second kappa shape index (κ2) is 8.74. The van der Waals surface area contributed by atoms with Crippen LogP contribution in [-0.4, -0.2) is 36.3 Å². The van der Waals surface area contributed by atoms with E-state index in [0.717, 1.165) is 52.6 Å². The van der Waals surface area contributed by atoms with Gasteiger partial charge in [0.05, 0.1) is 36.2 Å². The SMILES string of the molecule is C=C(c1cc(N2CCOCC2)ncn1)c1cc(-c2cccc(C#N)c2)ccc1NN. The molecule has 0 atom stereocenters. The molecule has 1 fully saturated rings. The van der Waals surface area contributed by atoms with Crippen molar-refractivity contribution in [2.24, 2.45) is 5.84 Å². The highest BCUT2D eigenvalue weighted by molar-refractivity contribution is 5.86. The molecule has 3 aromatic rings. The summed E-state index contributed by atoms with van der Waals surface area (Å²) in [5, 5.41) is 9.20. The highest BCUT2D eigenvalue weighted by atomic mass is 16.5. The van der Waals surface area contributed by atoms with E-state index in [2.05, 4.69) is 32.9 Å². The van der Waals surface area contributed by atoms with Gasteiger partial charge in [0.1, 0.15) is 12.1 Å². The van der Waals surface area contributed by atoms with E-state index >= 15 is 0 Å². The van der Waals surface area contributed by atoms with Gasteiger partial charge in [0.2, 0.25) is 0 Å². The van der Waals surface area contributed by atoms with Crippen molar-refractivity contribution in [3.63, 3.8) is 0 Å². The number of rotatable bonds is 5. The number of nitrogen functional groups attached to an aromatic ring is 1. The van der Waals surface area contributed by atoms with E-state index in [0.29, 0.717) is 18.8 Å². The van der Waals surface area contributed by atoms with Gasteiger partial charge in [0.15, 0.2) is 0 Å². The largest absolute Gasteiger partial charge is 0.378 e. The molecule has 150 valence electrons. The van der Waals surface area contributed by atoms with Gasteiger partial charge >= 0.3 is 0 Å². The Balaban J connectivity index is 1.70. The molecule has 0 amide bonds. The Morgan fingerprint density at radius 1 is 1.10 bits per heavy atom. The first kappa shape index (κ1) is 19.6. The summed E-state index contributed by atoms with van der Waals surface area (Å²) >= 11 is 0. The third-order valence-corrected chi connectivity index (χ3v) is 5.12. The summed E-state index contributed by atoms with van der Waals surface area (Å²) in [5.41, 5.74) is 8.30. The van der Waals surface area contributed by atoms with Gasteiger partial charge in [-0.05, 0) is 35.4 Å². The third-order valence-electron chi connectivity index (χ3n) is 5.12. The summed E-state index contributed by atoms with van der Waals surface area (Å²) in [7, 11) is 0. The topological polar surface area (TPSA) is 100 Å². The smallest absolute Gasteiger partial charge is 0.132 e. The Bertz CT molecular complexity index is 1110. The molecule has 3 N–H and O–H groups in total. The highest BCUT2D eigenvalue weighted by Gasteiger charge is 2.16. The number of hydrazine groups is 1. The molecule has 0 radical (unpaired) electrons. The Labute approximate surface area is 175 Å². The van der Waals surface area contributed by atoms with Crippen LogP contribution >= 0.6 is 0 Å². The lowest BCUT2D eigenvalue weighted by molar-refractivity contribution is 0.122. The second-order valence-electron chi connectivity index (χ2n) is 6.94. The molecular formula is C23H22N6O. The van der Waals surface area contributed by atoms with Crippen LogP contribution in [0.1, 0.15) is 16.8 Å². The van der Waals surface area contributed by atoms with E-state index in [1.165, 1.54) is 0 Å². The van der Waals surface area contributed by atoms with Gasteiger partial charge in [-0.2, -0.15) is 5.26 Å². The van der Waals surface area contributed by atoms with Gasteiger partial charge in [-0.15, -0.1) is 0 Å². The normalized spacial score (nSPS) is 13.5. The maximum absolute atomic E-state index is 9.20. The predicted octanol–water partition coefficient (Wildman–Crippen LogP) is 3.20. The van der Waals surface area contributed by atoms with Crippen LogP contribution in [0, 0.1) is 11.3 Å². The van der Waals surface area contributed by atoms with Crippen LogP contribution in [0.25, 0.3) is 16.7 Å². The number of hydrogen-bond acceptors (Lipinski definition) is 7. The Morgan fingerprint density at radius 2 is 1.90 bits per heavy atom. The number of ether oxygens (including phenoxy) is 1. The molecule has 0 spiro atoms. The molecule has 0 unspecified atom stereocenters. The lowest BCUT2D eigenvalue weighted by Gasteiger charge is -2.28. The molecule has 0 bridgehead atoms. The minimum atomic E-state index is 0.611. The summed E-state index contributed by atoms with van der Waals surface area (Å²) in [6.07, 6.45) is 1.56. The van der Waals surface area contributed by atoms with Gasteiger partial charge in [-0.25, -0.2) is 9.97 Å². The van der Waals surface area contributed by atoms with E-state index < -0.39 is 0 Å². The molecule has 0 aliphatic carbocycles. The number of hydrogen-bond donors (Lipinski definition) is 2. The average molecular weight is 398 g/mol. The van der Waals surface area contributed by atoms with Crippen molar-refractivity contribution in [3.8, 4) is 17.2 Å². The Kier molecular flexibility index (Phi) is 5.70. The predicted molar refractivity (Wildman–Crippen MR) is 118 cm³/mol. The first-order chi connectivity index (χ1) is 14.7. The molecule has 7 nitrogen and oxygen atoms in total. The van der Waals surface area contributed by atoms with E-state index in [1.54, 1.807) is 12.4 Å². The fraction of sp³-hybridized carbons (Fsp3) is 0.174. The number of aromatic nitrogens is 2. The first-order valence-electron chi connectivity index (χ1n) is 9.65. The highest BCUT2D eigenvalue weighted by Crippen LogP contribution is 2.32. The molecule has 7 heteroatoms. The monoisotopic (exact) mass is 398 g/mol. The van der Waals surface area contributed by atoms with Crippen molar-refractivity contribution < 1.29 is 4.74 Å². The maximum atomic E-state index is 9.20. The number of nitrogens with one attached hydrogen (secondary N) is 1. The minimum absolute atomic E-state index is 0.611. The molecule has 1 aliphatic rings. The minimum Gasteiger partial charge on any atom is -0.378 e. The number of morpholine rings is 1. The summed E-state index contributed by atoms with van der Waals surface area (Å²) in [4.78, 5) is 11.0. The van der Waals surface area contributed by atoms with Crippen LogP contribution in [0.2, 0.25) is 0 Å². The molecule has 1 aliphatic heterocycles. The zero-order valence-corrected chi connectivity index (χ0v) is 16.5. The molecule has 2 heterocycles. The maximum Gasteiger partial charge on any atom is 0.132 e. The third kappa shape index (κ3) is 4.01. The summed E-state index contributed by atoms with van der Waals surface area (Å²) in [6, 6.07) is 17.5. The van der Waals surface area contributed by atoms with E-state index in [-0.39, 0.29) is 0 Å². The van der Waals surface area contributed by atoms with E-state index in [9.17, 15) is 5.26 Å². The van der Waals surface area contributed by atoms with Crippen molar-refractivity contribution in [3.05, 3.63) is 78.3 Å². The fourth-order valence-electron chi connectivity index (χ4n) is 3.48. The van der Waals surface area contributed by atoms with Crippen molar-refractivity contribution in [1.82, 2.24) is 9.97 Å². The van der Waals surface area contributed by atoms with Gasteiger partial charge in [-0.3, -0.25) is 5.84 Å². The zero-order chi connectivity index (χ0) is 20.9. The van der Waals surface area contributed by atoms with Crippen LogP contribution in [0.3, 0.4) is 0 Å². The molecular weight excluding hydrogens is 376 g/mol. The number of nitriles is 1. The van der Waals surface area contributed by atoms with E-state index in [1.807, 2.05) is 42.5 Å². The number of benzene rings is 2. The second-order valence-corrected chi connectivity index (χ2v) is 6.94. The summed E-state index contributed by atoms with van der Waals surface area (Å²) in [5.74, 6) is 6.61. The van der Waals surface area contributed by atoms with Crippen LogP contribution in [0.5, 0.6) is 0 Å². The summed E-state index contributed by atoms with van der Waals surface area (Å²) in [6.45, 7) is 7.24. The average Bonchev–Trinajstić information content (AvgIpc) is 2.84. The van der Waals surface area contributed by atoms with Crippen molar-refractivity contribution in [2.45, 2.75) is 0 Å². The number of anilines is 2. The Morgan fingerprint density at radius 3 is 2.67 bits per heavy atom. The van der Waals surface area contributed by atoms with Crippen LogP contribution < -0.4 is 16.2 Å². The van der Waals surface area contributed by atoms with Crippen LogP contribution in [0.4, 0.5) is 11.5 Å². The van der Waals surface area contributed by atoms with Crippen LogP contribution in [0.15, 0.2) is 61.4 Å². The van der Waals surface area contributed by atoms with Crippen LogP contribution in [-0.2, 0) is 4.74 Å². The molecule has 2 aromatic carbocycles. The van der Waals surface area contributed by atoms with Crippen molar-refractivity contribution in [2.75, 3.05) is 36.6 Å². The lowest BCUT2D eigenvalue weighted by Crippen LogP contribution is -2.36. The number of nitrogens with zero attached hydrogens (tertiary/aromatic N) is 4. The molecule has 1 saturated heterocycles.